The predicted molar refractivity (Wildman–Crippen MR) is 90.4 cm³/mol. The van der Waals surface area contributed by atoms with Crippen molar-refractivity contribution in [1.82, 2.24) is 9.80 Å². The lowest BCUT2D eigenvalue weighted by Gasteiger charge is -2.18. The van der Waals surface area contributed by atoms with E-state index in [1.807, 2.05) is 0 Å². The molecule has 2 nitrogen and oxygen atoms in total. The van der Waals surface area contributed by atoms with Crippen LogP contribution in [0.15, 0.2) is 0 Å². The molecule has 120 valence electrons. The Bertz CT molecular complexity index is 164. The minimum atomic E-state index is 1.31. The monoisotopic (exact) mass is 282 g/mol. The molecule has 0 N–H and O–H groups in total. The van der Waals surface area contributed by atoms with E-state index in [0.29, 0.717) is 0 Å². The number of hydrogen-bond acceptors (Lipinski definition) is 2. The van der Waals surface area contributed by atoms with E-state index in [2.05, 4.69) is 23.9 Å². The molecule has 1 fully saturated rings. The third kappa shape index (κ3) is 10.7. The summed E-state index contributed by atoms with van der Waals surface area (Å²) in [6.07, 6.45) is 17.1. The summed E-state index contributed by atoms with van der Waals surface area (Å²) in [4.78, 5) is 5.08. The Morgan fingerprint density at radius 1 is 0.350 bits per heavy atom. The zero-order chi connectivity index (χ0) is 14.5. The van der Waals surface area contributed by atoms with Gasteiger partial charge in [0, 0.05) is 0 Å². The topological polar surface area (TPSA) is 6.48 Å². The van der Waals surface area contributed by atoms with Gasteiger partial charge < -0.3 is 9.80 Å². The fraction of sp³-hybridized carbons (Fsp3) is 1.00. The van der Waals surface area contributed by atoms with Crippen LogP contribution in [-0.2, 0) is 0 Å². The van der Waals surface area contributed by atoms with Crippen molar-refractivity contribution >= 4 is 0 Å². The summed E-state index contributed by atoms with van der Waals surface area (Å²) in [6, 6.07) is 0. The molecular formula is C18H38N2. The molecule has 0 aromatic rings. The SMILES string of the molecule is CN1CCCCCCCCN(C)CCCCCCCC1. The van der Waals surface area contributed by atoms with E-state index in [4.69, 9.17) is 0 Å². The molecular weight excluding hydrogens is 244 g/mol. The molecule has 1 aliphatic rings. The van der Waals surface area contributed by atoms with Gasteiger partial charge in [-0.15, -0.1) is 0 Å². The average molecular weight is 283 g/mol. The molecule has 1 heterocycles. The average Bonchev–Trinajstić information content (AvgIpc) is 2.43. The highest BCUT2D eigenvalue weighted by Crippen LogP contribution is 2.10. The summed E-state index contributed by atoms with van der Waals surface area (Å²) >= 11 is 0. The first-order valence-electron chi connectivity index (χ1n) is 9.16. The second-order valence-corrected chi connectivity index (χ2v) is 6.85. The van der Waals surface area contributed by atoms with Gasteiger partial charge in [-0.2, -0.15) is 0 Å². The molecule has 1 saturated heterocycles. The maximum atomic E-state index is 2.54. The van der Waals surface area contributed by atoms with Crippen molar-refractivity contribution in [2.24, 2.45) is 0 Å². The Labute approximate surface area is 127 Å². The van der Waals surface area contributed by atoms with Crippen LogP contribution in [0.25, 0.3) is 0 Å². The van der Waals surface area contributed by atoms with Gasteiger partial charge in [0.1, 0.15) is 0 Å². The molecule has 0 spiro atoms. The number of rotatable bonds is 0. The standard InChI is InChI=1S/C18H38N2/c1-19-15-11-7-3-5-9-13-17-20(2)18-14-10-6-4-8-12-16-19/h3-18H2,1-2H3. The summed E-state index contributed by atoms with van der Waals surface area (Å²) in [5, 5.41) is 0. The zero-order valence-electron chi connectivity index (χ0n) is 14.2. The highest BCUT2D eigenvalue weighted by atomic mass is 15.1. The third-order valence-corrected chi connectivity index (χ3v) is 4.66. The molecule has 0 saturated carbocycles. The first-order chi connectivity index (χ1) is 9.79. The Hall–Kier alpha value is -0.0800. The van der Waals surface area contributed by atoms with Crippen LogP contribution in [0, 0.1) is 0 Å². The lowest BCUT2D eigenvalue weighted by Crippen LogP contribution is -2.21. The van der Waals surface area contributed by atoms with E-state index in [1.54, 1.807) is 0 Å². The largest absolute Gasteiger partial charge is 0.306 e. The molecule has 0 radical (unpaired) electrons. The van der Waals surface area contributed by atoms with Crippen LogP contribution in [0.3, 0.4) is 0 Å². The van der Waals surface area contributed by atoms with Crippen LogP contribution >= 0.6 is 0 Å². The van der Waals surface area contributed by atoms with Crippen molar-refractivity contribution in [3.05, 3.63) is 0 Å². The van der Waals surface area contributed by atoms with E-state index in [-0.39, 0.29) is 0 Å². The summed E-state index contributed by atoms with van der Waals surface area (Å²) < 4.78 is 0. The Morgan fingerprint density at radius 3 is 0.800 bits per heavy atom. The Kier molecular flexibility index (Phi) is 11.4. The van der Waals surface area contributed by atoms with E-state index in [1.165, 1.54) is 103 Å². The van der Waals surface area contributed by atoms with Gasteiger partial charge in [0.2, 0.25) is 0 Å². The number of hydrogen-bond donors (Lipinski definition) is 0. The highest BCUT2D eigenvalue weighted by molar-refractivity contribution is 4.57. The van der Waals surface area contributed by atoms with Gasteiger partial charge in [0.15, 0.2) is 0 Å². The normalized spacial score (nSPS) is 24.9. The van der Waals surface area contributed by atoms with Crippen LogP contribution in [0.1, 0.15) is 77.0 Å². The van der Waals surface area contributed by atoms with Crippen LogP contribution in [0.4, 0.5) is 0 Å². The molecule has 2 heteroatoms. The highest BCUT2D eigenvalue weighted by Gasteiger charge is 2.01. The minimum absolute atomic E-state index is 1.31. The molecule has 0 aromatic heterocycles. The first-order valence-corrected chi connectivity index (χ1v) is 9.16. The zero-order valence-corrected chi connectivity index (χ0v) is 14.2. The molecule has 20 heavy (non-hydrogen) atoms. The second kappa shape index (κ2) is 12.6. The maximum absolute atomic E-state index is 2.54. The van der Waals surface area contributed by atoms with Crippen molar-refractivity contribution in [1.29, 1.82) is 0 Å². The molecule has 0 amide bonds. The van der Waals surface area contributed by atoms with Crippen LogP contribution in [-0.4, -0.2) is 50.1 Å². The summed E-state index contributed by atoms with van der Waals surface area (Å²) in [5.74, 6) is 0. The van der Waals surface area contributed by atoms with Crippen molar-refractivity contribution in [2.45, 2.75) is 77.0 Å². The maximum Gasteiger partial charge on any atom is -0.00218 e. The van der Waals surface area contributed by atoms with Crippen LogP contribution in [0.2, 0.25) is 0 Å². The van der Waals surface area contributed by atoms with Gasteiger partial charge in [0.05, 0.1) is 0 Å². The predicted octanol–water partition coefficient (Wildman–Crippen LogP) is 4.54. The fourth-order valence-electron chi connectivity index (χ4n) is 3.16. The van der Waals surface area contributed by atoms with Crippen molar-refractivity contribution in [3.8, 4) is 0 Å². The van der Waals surface area contributed by atoms with Gasteiger partial charge in [-0.05, 0) is 66.0 Å². The van der Waals surface area contributed by atoms with Gasteiger partial charge in [0.25, 0.3) is 0 Å². The van der Waals surface area contributed by atoms with E-state index < -0.39 is 0 Å². The van der Waals surface area contributed by atoms with Crippen LogP contribution < -0.4 is 0 Å². The molecule has 0 unspecified atom stereocenters. The lowest BCUT2D eigenvalue weighted by atomic mass is 10.1. The smallest absolute Gasteiger partial charge is 0.00218 e. The quantitative estimate of drug-likeness (QED) is 0.643. The molecule has 0 atom stereocenters. The van der Waals surface area contributed by atoms with Crippen LogP contribution in [0.5, 0.6) is 0 Å². The molecule has 0 aliphatic carbocycles. The van der Waals surface area contributed by atoms with E-state index >= 15 is 0 Å². The van der Waals surface area contributed by atoms with Crippen molar-refractivity contribution in [3.63, 3.8) is 0 Å². The molecule has 1 aliphatic heterocycles. The van der Waals surface area contributed by atoms with Gasteiger partial charge >= 0.3 is 0 Å². The van der Waals surface area contributed by atoms with Gasteiger partial charge in [-0.25, -0.2) is 0 Å². The Balaban J connectivity index is 2.16. The summed E-state index contributed by atoms with van der Waals surface area (Å²) in [7, 11) is 4.60. The third-order valence-electron chi connectivity index (χ3n) is 4.66. The van der Waals surface area contributed by atoms with Gasteiger partial charge in [-0.1, -0.05) is 51.4 Å². The van der Waals surface area contributed by atoms with Gasteiger partial charge in [-0.3, -0.25) is 0 Å². The fourth-order valence-corrected chi connectivity index (χ4v) is 3.16. The molecule has 0 bridgehead atoms. The van der Waals surface area contributed by atoms with Crippen molar-refractivity contribution < 1.29 is 0 Å². The molecule has 1 rings (SSSR count). The first kappa shape index (κ1) is 18.0. The number of nitrogens with zero attached hydrogens (tertiary/aromatic N) is 2. The summed E-state index contributed by atoms with van der Waals surface area (Å²) in [6.45, 7) is 5.23. The Morgan fingerprint density at radius 2 is 0.550 bits per heavy atom. The second-order valence-electron chi connectivity index (χ2n) is 6.85. The summed E-state index contributed by atoms with van der Waals surface area (Å²) in [5.41, 5.74) is 0. The van der Waals surface area contributed by atoms with E-state index in [9.17, 15) is 0 Å². The lowest BCUT2D eigenvalue weighted by molar-refractivity contribution is 0.303. The molecule has 0 aromatic carbocycles. The van der Waals surface area contributed by atoms with Crippen molar-refractivity contribution in [2.75, 3.05) is 40.3 Å². The van der Waals surface area contributed by atoms with E-state index in [0.717, 1.165) is 0 Å². The minimum Gasteiger partial charge on any atom is -0.306 e.